The highest BCUT2D eigenvalue weighted by atomic mass is 16.8. The Kier molecular flexibility index (Phi) is 62.5. The van der Waals surface area contributed by atoms with E-state index in [1.807, 2.05) is 0 Å². The third-order valence-corrected chi connectivity index (χ3v) is 22.2. The van der Waals surface area contributed by atoms with Gasteiger partial charge in [0.05, 0.1) is 38.6 Å². The number of nitrogens with one attached hydrogen (secondary N) is 1. The van der Waals surface area contributed by atoms with E-state index in [1.165, 1.54) is 289 Å². The maximum absolute atomic E-state index is 13.5. The number of amides is 1. The Balaban J connectivity index is 1.33. The summed E-state index contributed by atoms with van der Waals surface area (Å²) in [5.41, 5.74) is 0. The van der Waals surface area contributed by atoms with Crippen LogP contribution in [0.15, 0.2) is 36.5 Å². The maximum Gasteiger partial charge on any atom is 0.220 e. The van der Waals surface area contributed by atoms with E-state index in [9.17, 15) is 61.0 Å². The molecule has 17 unspecified atom stereocenters. The predicted octanol–water partition coefficient (Wildman–Crippen LogP) is 16.2. The van der Waals surface area contributed by atoms with Gasteiger partial charge in [0.2, 0.25) is 5.91 Å². The van der Waals surface area contributed by atoms with Crippen LogP contribution in [0.25, 0.3) is 0 Å². The van der Waals surface area contributed by atoms with Gasteiger partial charge >= 0.3 is 0 Å². The first-order valence-corrected chi connectivity index (χ1v) is 44.2. The Morgan fingerprint density at radius 3 is 0.972 bits per heavy atom. The SMILES string of the molecule is CCCCCCC/C=C\C/C=C\C/C=C\CCCCCCCCCCCCCCCCC(=O)NC(COC1OC(CO)C(OC2OC(CO)C(OC3OC(CO)C(O)C(O)C3O)C(O)C2O)C(O)C1O)C(O)CCCCCCCCCCCCCCCCCCCCCCCCCCCCCCCCCC. The van der Waals surface area contributed by atoms with Crippen molar-refractivity contribution >= 4 is 5.91 Å². The van der Waals surface area contributed by atoms with E-state index in [1.54, 1.807) is 0 Å². The molecule has 3 rings (SSSR count). The standard InChI is InChI=1S/C87H163NO18/c1-3-5-7-9-11-13-15-17-19-21-23-25-27-29-31-33-34-35-37-38-40-42-44-46-48-50-52-54-56-58-60-62-64-71(92)70(88-75(93)65-63-61-59-57-55-53-51-49-47-45-43-41-39-36-32-30-28-26-24-22-20-18-16-14-12-10-8-6-4-2)69-101-85-81(99)78(96)83(73(67-90)103-85)106-87-82(100)79(97)84(74(68-91)104-87)105-86-80(98)77(95)76(94)72(66-89)102-86/h16,18,22,24,28,30,70-74,76-87,89-92,94-100H,3-15,17,19-21,23,25-27,29,31-69H2,1-2H3,(H,88,93)/b18-16-,24-22-,30-28-. The summed E-state index contributed by atoms with van der Waals surface area (Å²) in [7, 11) is 0. The molecule has 19 nitrogen and oxygen atoms in total. The lowest BCUT2D eigenvalue weighted by Gasteiger charge is -2.48. The first kappa shape index (κ1) is 98.2. The Bertz CT molecular complexity index is 2050. The van der Waals surface area contributed by atoms with E-state index < -0.39 is 124 Å². The van der Waals surface area contributed by atoms with Gasteiger partial charge in [-0.2, -0.15) is 0 Å². The van der Waals surface area contributed by atoms with Crippen LogP contribution in [-0.2, 0) is 33.2 Å². The summed E-state index contributed by atoms with van der Waals surface area (Å²) in [5, 5.41) is 121. The van der Waals surface area contributed by atoms with Gasteiger partial charge in [-0.05, 0) is 51.4 Å². The number of aliphatic hydroxyl groups is 11. The van der Waals surface area contributed by atoms with Gasteiger partial charge in [-0.1, -0.05) is 359 Å². The Morgan fingerprint density at radius 1 is 0.340 bits per heavy atom. The minimum atomic E-state index is -1.97. The van der Waals surface area contributed by atoms with Gasteiger partial charge in [0.1, 0.15) is 73.2 Å². The topological polar surface area (TPSA) is 307 Å². The molecule has 1 amide bonds. The second kappa shape index (κ2) is 67.5. The number of unbranched alkanes of at least 4 members (excludes halogenated alkanes) is 50. The number of hydrogen-bond donors (Lipinski definition) is 12. The van der Waals surface area contributed by atoms with Crippen molar-refractivity contribution in [2.45, 2.75) is 484 Å². The monoisotopic (exact) mass is 1510 g/mol. The molecular weight excluding hydrogens is 1350 g/mol. The average molecular weight is 1510 g/mol. The molecule has 0 spiro atoms. The molecule has 3 aliphatic rings. The second-order valence-electron chi connectivity index (χ2n) is 31.7. The highest BCUT2D eigenvalue weighted by molar-refractivity contribution is 5.76. The van der Waals surface area contributed by atoms with Crippen LogP contribution >= 0.6 is 0 Å². The minimum Gasteiger partial charge on any atom is -0.394 e. The molecule has 0 saturated carbocycles. The smallest absolute Gasteiger partial charge is 0.220 e. The molecular formula is C87H163NO18. The van der Waals surface area contributed by atoms with Crippen LogP contribution in [0.5, 0.6) is 0 Å². The summed E-state index contributed by atoms with van der Waals surface area (Å²) in [6.07, 6.45) is 58.2. The van der Waals surface area contributed by atoms with E-state index >= 15 is 0 Å². The van der Waals surface area contributed by atoms with Crippen molar-refractivity contribution in [3.8, 4) is 0 Å². The highest BCUT2D eigenvalue weighted by Crippen LogP contribution is 2.34. The summed E-state index contributed by atoms with van der Waals surface area (Å²) in [6.45, 7) is 1.85. The zero-order valence-corrected chi connectivity index (χ0v) is 67.2. The molecule has 0 aromatic heterocycles. The third kappa shape index (κ3) is 46.3. The zero-order valence-electron chi connectivity index (χ0n) is 67.2. The molecule has 0 radical (unpaired) electrons. The van der Waals surface area contributed by atoms with Crippen molar-refractivity contribution in [1.29, 1.82) is 0 Å². The number of carbonyl (C=O) groups excluding carboxylic acids is 1. The number of ether oxygens (including phenoxy) is 6. The third-order valence-electron chi connectivity index (χ3n) is 22.2. The molecule has 19 heteroatoms. The molecule has 3 aliphatic heterocycles. The summed E-state index contributed by atoms with van der Waals surface area (Å²) < 4.78 is 34.6. The fourth-order valence-corrected chi connectivity index (χ4v) is 15.2. The first-order chi connectivity index (χ1) is 51.8. The number of allylic oxidation sites excluding steroid dienone is 6. The van der Waals surface area contributed by atoms with E-state index in [-0.39, 0.29) is 18.9 Å². The van der Waals surface area contributed by atoms with Crippen molar-refractivity contribution < 1.29 is 89.4 Å². The van der Waals surface area contributed by atoms with Crippen molar-refractivity contribution in [3.63, 3.8) is 0 Å². The summed E-state index contributed by atoms with van der Waals surface area (Å²) in [4.78, 5) is 13.5. The molecule has 3 fully saturated rings. The maximum atomic E-state index is 13.5. The first-order valence-electron chi connectivity index (χ1n) is 44.2. The minimum absolute atomic E-state index is 0.238. The molecule has 17 atom stereocenters. The molecule has 106 heavy (non-hydrogen) atoms. The van der Waals surface area contributed by atoms with Crippen molar-refractivity contribution in [3.05, 3.63) is 36.5 Å². The van der Waals surface area contributed by atoms with Crippen molar-refractivity contribution in [1.82, 2.24) is 5.32 Å². The molecule has 0 aliphatic carbocycles. The van der Waals surface area contributed by atoms with Gasteiger partial charge in [-0.3, -0.25) is 4.79 Å². The van der Waals surface area contributed by atoms with Gasteiger partial charge < -0.3 is 89.9 Å². The Labute approximate surface area is 644 Å². The number of aliphatic hydroxyl groups excluding tert-OH is 11. The zero-order chi connectivity index (χ0) is 76.7. The quantitative estimate of drug-likeness (QED) is 0.0199. The van der Waals surface area contributed by atoms with E-state index in [4.69, 9.17) is 28.4 Å². The highest BCUT2D eigenvalue weighted by Gasteiger charge is 2.54. The fraction of sp³-hybridized carbons (Fsp3) is 0.920. The van der Waals surface area contributed by atoms with Gasteiger partial charge in [-0.25, -0.2) is 0 Å². The van der Waals surface area contributed by atoms with Gasteiger partial charge in [0.25, 0.3) is 0 Å². The molecule has 624 valence electrons. The molecule has 0 bridgehead atoms. The molecule has 3 heterocycles. The van der Waals surface area contributed by atoms with Crippen molar-refractivity contribution in [2.75, 3.05) is 26.4 Å². The molecule has 3 saturated heterocycles. The normalized spacial score (nSPS) is 25.8. The van der Waals surface area contributed by atoms with Crippen LogP contribution in [0.4, 0.5) is 0 Å². The van der Waals surface area contributed by atoms with E-state index in [0.29, 0.717) is 12.8 Å². The Hall–Kier alpha value is -1.99. The van der Waals surface area contributed by atoms with Crippen LogP contribution in [0.2, 0.25) is 0 Å². The van der Waals surface area contributed by atoms with Gasteiger partial charge in [0.15, 0.2) is 18.9 Å². The Morgan fingerprint density at radius 2 is 0.623 bits per heavy atom. The van der Waals surface area contributed by atoms with E-state index in [0.717, 1.165) is 57.8 Å². The molecule has 0 aromatic rings. The second-order valence-corrected chi connectivity index (χ2v) is 31.7. The van der Waals surface area contributed by atoms with Crippen molar-refractivity contribution in [2.24, 2.45) is 0 Å². The van der Waals surface area contributed by atoms with Gasteiger partial charge in [0, 0.05) is 6.42 Å². The van der Waals surface area contributed by atoms with E-state index in [2.05, 4.69) is 55.6 Å². The van der Waals surface area contributed by atoms with Gasteiger partial charge in [-0.15, -0.1) is 0 Å². The fourth-order valence-electron chi connectivity index (χ4n) is 15.2. The van der Waals surface area contributed by atoms with Crippen LogP contribution < -0.4 is 5.32 Å². The van der Waals surface area contributed by atoms with Crippen LogP contribution in [0.3, 0.4) is 0 Å². The predicted molar refractivity (Wildman–Crippen MR) is 425 cm³/mol. The van der Waals surface area contributed by atoms with Crippen LogP contribution in [0, 0.1) is 0 Å². The number of carbonyl (C=O) groups is 1. The summed E-state index contributed by atoms with van der Waals surface area (Å²) >= 11 is 0. The lowest BCUT2D eigenvalue weighted by molar-refractivity contribution is -0.379. The lowest BCUT2D eigenvalue weighted by Crippen LogP contribution is -2.66. The number of rotatable bonds is 72. The van der Waals surface area contributed by atoms with Crippen LogP contribution in [0.1, 0.15) is 380 Å². The van der Waals surface area contributed by atoms with Crippen LogP contribution in [-0.4, -0.2) is 193 Å². The largest absolute Gasteiger partial charge is 0.394 e. The summed E-state index contributed by atoms with van der Waals surface area (Å²) in [5.74, 6) is -0.238. The molecule has 0 aromatic carbocycles. The average Bonchev–Trinajstić information content (AvgIpc) is 0.781. The number of hydrogen-bond acceptors (Lipinski definition) is 18. The lowest BCUT2D eigenvalue weighted by atomic mass is 9.96. The summed E-state index contributed by atoms with van der Waals surface area (Å²) in [6, 6.07) is -0.890. The molecule has 12 N–H and O–H groups in total.